The van der Waals surface area contributed by atoms with Crippen molar-refractivity contribution in [1.82, 2.24) is 9.78 Å². The summed E-state index contributed by atoms with van der Waals surface area (Å²) in [5.41, 5.74) is 1.59. The molecular formula is C21H17ClF3N3O2. The average molecular weight is 436 g/mol. The maximum Gasteiger partial charge on any atom is 0.416 e. The lowest BCUT2D eigenvalue weighted by Gasteiger charge is -2.13. The van der Waals surface area contributed by atoms with Gasteiger partial charge in [-0.1, -0.05) is 29.3 Å². The molecule has 0 aliphatic carbocycles. The monoisotopic (exact) mass is 435 g/mol. The Kier molecular flexibility index (Phi) is 5.98. The van der Waals surface area contributed by atoms with Crippen LogP contribution in [-0.4, -0.2) is 15.7 Å². The standard InChI is InChI=1S/C21H17ClF3N3O2/c1-12-3-4-13(2)15(9-12)17-7-8-20(30)28(27-17)11-19(29)26-18-10-14(21(23,24)25)5-6-16(18)22/h3-10H,11H2,1-2H3,(H,26,29). The number of halogens is 4. The Labute approximate surface area is 175 Å². The largest absolute Gasteiger partial charge is 0.416 e. The highest BCUT2D eigenvalue weighted by molar-refractivity contribution is 6.33. The summed E-state index contributed by atoms with van der Waals surface area (Å²) in [5, 5.41) is 6.49. The molecule has 0 bridgehead atoms. The highest BCUT2D eigenvalue weighted by Crippen LogP contribution is 2.33. The number of amides is 1. The zero-order valence-electron chi connectivity index (χ0n) is 16.0. The number of carbonyl (C=O) groups is 1. The van der Waals surface area contributed by atoms with E-state index in [1.807, 2.05) is 32.0 Å². The maximum absolute atomic E-state index is 12.9. The first-order valence-corrected chi connectivity index (χ1v) is 9.25. The number of anilines is 1. The van der Waals surface area contributed by atoms with E-state index in [-0.39, 0.29) is 10.7 Å². The van der Waals surface area contributed by atoms with Crippen molar-refractivity contribution >= 4 is 23.2 Å². The molecule has 0 unspecified atom stereocenters. The van der Waals surface area contributed by atoms with Crippen molar-refractivity contribution in [2.45, 2.75) is 26.6 Å². The Hall–Kier alpha value is -3.13. The number of benzene rings is 2. The van der Waals surface area contributed by atoms with E-state index >= 15 is 0 Å². The Balaban J connectivity index is 1.86. The van der Waals surface area contributed by atoms with Gasteiger partial charge in [-0.15, -0.1) is 0 Å². The second-order valence-corrected chi connectivity index (χ2v) is 7.18. The van der Waals surface area contributed by atoms with E-state index in [9.17, 15) is 22.8 Å². The molecule has 3 aromatic rings. The number of aromatic nitrogens is 2. The van der Waals surface area contributed by atoms with Crippen molar-refractivity contribution in [2.24, 2.45) is 0 Å². The molecule has 0 aliphatic heterocycles. The van der Waals surface area contributed by atoms with Crippen LogP contribution in [0.1, 0.15) is 16.7 Å². The van der Waals surface area contributed by atoms with E-state index < -0.39 is 29.8 Å². The topological polar surface area (TPSA) is 64.0 Å². The fraction of sp³-hybridized carbons (Fsp3) is 0.190. The van der Waals surface area contributed by atoms with Crippen molar-refractivity contribution < 1.29 is 18.0 Å². The minimum absolute atomic E-state index is 0.0548. The van der Waals surface area contributed by atoms with Crippen LogP contribution in [0, 0.1) is 13.8 Å². The molecular weight excluding hydrogens is 419 g/mol. The summed E-state index contributed by atoms with van der Waals surface area (Å²) in [7, 11) is 0. The molecule has 1 N–H and O–H groups in total. The van der Waals surface area contributed by atoms with Crippen LogP contribution in [0.3, 0.4) is 0 Å². The van der Waals surface area contributed by atoms with Crippen molar-refractivity contribution in [3.05, 3.63) is 80.6 Å². The van der Waals surface area contributed by atoms with Gasteiger partial charge >= 0.3 is 6.18 Å². The van der Waals surface area contributed by atoms with Crippen molar-refractivity contribution in [3.8, 4) is 11.3 Å². The first kappa shape index (κ1) is 21.6. The van der Waals surface area contributed by atoms with Crippen LogP contribution in [0.5, 0.6) is 0 Å². The highest BCUT2D eigenvalue weighted by Gasteiger charge is 2.31. The summed E-state index contributed by atoms with van der Waals surface area (Å²) in [4.78, 5) is 24.5. The van der Waals surface area contributed by atoms with Crippen molar-refractivity contribution in [3.63, 3.8) is 0 Å². The van der Waals surface area contributed by atoms with Gasteiger partial charge in [0, 0.05) is 11.6 Å². The third-order valence-electron chi connectivity index (χ3n) is 4.40. The summed E-state index contributed by atoms with van der Waals surface area (Å²) < 4.78 is 39.6. The van der Waals surface area contributed by atoms with Crippen LogP contribution in [0.4, 0.5) is 18.9 Å². The van der Waals surface area contributed by atoms with Crippen LogP contribution < -0.4 is 10.9 Å². The van der Waals surface area contributed by atoms with E-state index in [2.05, 4.69) is 10.4 Å². The van der Waals surface area contributed by atoms with E-state index in [1.54, 1.807) is 6.07 Å². The van der Waals surface area contributed by atoms with Gasteiger partial charge in [0.05, 0.1) is 22.0 Å². The molecule has 0 saturated carbocycles. The second-order valence-electron chi connectivity index (χ2n) is 6.77. The molecule has 0 aliphatic rings. The fourth-order valence-corrected chi connectivity index (χ4v) is 3.01. The number of hydrogen-bond acceptors (Lipinski definition) is 3. The minimum atomic E-state index is -4.58. The summed E-state index contributed by atoms with van der Waals surface area (Å²) in [6, 6.07) is 11.2. The molecule has 0 fully saturated rings. The lowest BCUT2D eigenvalue weighted by molar-refractivity contribution is -0.137. The zero-order chi connectivity index (χ0) is 22.1. The molecule has 1 aromatic heterocycles. The van der Waals surface area contributed by atoms with Crippen molar-refractivity contribution in [2.75, 3.05) is 5.32 Å². The minimum Gasteiger partial charge on any atom is -0.323 e. The van der Waals surface area contributed by atoms with Crippen LogP contribution >= 0.6 is 11.6 Å². The van der Waals surface area contributed by atoms with Gasteiger partial charge in [0.2, 0.25) is 5.91 Å². The number of aryl methyl sites for hydroxylation is 2. The smallest absolute Gasteiger partial charge is 0.323 e. The first-order chi connectivity index (χ1) is 14.0. The summed E-state index contributed by atoms with van der Waals surface area (Å²) in [6.45, 7) is 3.34. The normalized spacial score (nSPS) is 11.4. The van der Waals surface area contributed by atoms with Gasteiger partial charge in [-0.2, -0.15) is 18.3 Å². The molecule has 0 spiro atoms. The van der Waals surface area contributed by atoms with E-state index in [0.29, 0.717) is 5.69 Å². The Bertz CT molecular complexity index is 1170. The molecule has 30 heavy (non-hydrogen) atoms. The molecule has 9 heteroatoms. The average Bonchev–Trinajstić information content (AvgIpc) is 2.66. The predicted molar refractivity (Wildman–Crippen MR) is 108 cm³/mol. The molecule has 1 amide bonds. The molecule has 156 valence electrons. The SMILES string of the molecule is Cc1ccc(C)c(-c2ccc(=O)n(CC(=O)Nc3cc(C(F)(F)F)ccc3Cl)n2)c1. The Morgan fingerprint density at radius 3 is 2.53 bits per heavy atom. The molecule has 3 rings (SSSR count). The Morgan fingerprint density at radius 2 is 1.83 bits per heavy atom. The highest BCUT2D eigenvalue weighted by atomic mass is 35.5. The number of alkyl halides is 3. The summed E-state index contributed by atoms with van der Waals surface area (Å²) in [5.74, 6) is -0.732. The van der Waals surface area contributed by atoms with E-state index in [1.165, 1.54) is 6.07 Å². The van der Waals surface area contributed by atoms with Gasteiger partial charge in [-0.3, -0.25) is 9.59 Å². The number of carbonyl (C=O) groups excluding carboxylic acids is 1. The van der Waals surface area contributed by atoms with Gasteiger partial charge in [0.15, 0.2) is 0 Å². The van der Waals surface area contributed by atoms with Gasteiger partial charge in [0.1, 0.15) is 6.54 Å². The van der Waals surface area contributed by atoms with Gasteiger partial charge < -0.3 is 5.32 Å². The molecule has 0 radical (unpaired) electrons. The molecule has 0 atom stereocenters. The lowest BCUT2D eigenvalue weighted by Crippen LogP contribution is -2.29. The Morgan fingerprint density at radius 1 is 1.10 bits per heavy atom. The first-order valence-electron chi connectivity index (χ1n) is 8.87. The van der Waals surface area contributed by atoms with Crippen molar-refractivity contribution in [1.29, 1.82) is 0 Å². The fourth-order valence-electron chi connectivity index (χ4n) is 2.84. The van der Waals surface area contributed by atoms with Crippen LogP contribution in [0.15, 0.2) is 53.3 Å². The third kappa shape index (κ3) is 4.88. The van der Waals surface area contributed by atoms with Crippen LogP contribution in [0.25, 0.3) is 11.3 Å². The van der Waals surface area contributed by atoms with Gasteiger partial charge in [-0.25, -0.2) is 4.68 Å². The number of nitrogens with one attached hydrogen (secondary N) is 1. The number of nitrogens with zero attached hydrogens (tertiary/aromatic N) is 2. The molecule has 0 saturated heterocycles. The predicted octanol–water partition coefficient (Wildman–Crippen LogP) is 4.84. The molecule has 5 nitrogen and oxygen atoms in total. The van der Waals surface area contributed by atoms with E-state index in [0.717, 1.165) is 39.6 Å². The quantitative estimate of drug-likeness (QED) is 0.638. The van der Waals surface area contributed by atoms with Gasteiger partial charge in [-0.05, 0) is 49.7 Å². The van der Waals surface area contributed by atoms with E-state index in [4.69, 9.17) is 11.6 Å². The van der Waals surface area contributed by atoms with Crippen LogP contribution in [-0.2, 0) is 17.5 Å². The van der Waals surface area contributed by atoms with Gasteiger partial charge in [0.25, 0.3) is 5.56 Å². The number of rotatable bonds is 4. The summed E-state index contributed by atoms with van der Waals surface area (Å²) in [6.07, 6.45) is -4.58. The molecule has 1 heterocycles. The maximum atomic E-state index is 12.9. The molecule has 2 aromatic carbocycles. The number of hydrogen-bond donors (Lipinski definition) is 1. The third-order valence-corrected chi connectivity index (χ3v) is 4.73. The second kappa shape index (κ2) is 8.31. The van der Waals surface area contributed by atoms with Crippen LogP contribution in [0.2, 0.25) is 5.02 Å². The lowest BCUT2D eigenvalue weighted by atomic mass is 10.0. The zero-order valence-corrected chi connectivity index (χ0v) is 16.8. The summed E-state index contributed by atoms with van der Waals surface area (Å²) >= 11 is 5.90.